The molecule has 2 amide bonds. The maximum Gasteiger partial charge on any atom is 0.355 e. The van der Waals surface area contributed by atoms with E-state index < -0.39 is 34.7 Å². The van der Waals surface area contributed by atoms with Gasteiger partial charge in [-0.15, -0.1) is 34.7 Å². The number of esters is 1. The number of halogens is 1. The number of aromatic nitrogens is 1. The Balaban J connectivity index is 1.13. The van der Waals surface area contributed by atoms with Crippen LogP contribution in [0, 0.1) is 0 Å². The van der Waals surface area contributed by atoms with Gasteiger partial charge in [-0.1, -0.05) is 121 Å². The van der Waals surface area contributed by atoms with Gasteiger partial charge in [-0.25, -0.2) is 9.78 Å². The summed E-state index contributed by atoms with van der Waals surface area (Å²) >= 11 is 8.93. The molecule has 14 heteroatoms. The summed E-state index contributed by atoms with van der Waals surface area (Å²) in [5, 5.41) is 12.3. The third-order valence-electron chi connectivity index (χ3n) is 9.44. The Kier molecular flexibility index (Phi) is 12.4. The molecule has 5 aromatic rings. The highest BCUT2D eigenvalue weighted by atomic mass is 35.5. The number of fused-ring (bicyclic) bond motifs is 1. The highest BCUT2D eigenvalue weighted by Crippen LogP contribution is 2.42. The lowest BCUT2D eigenvalue weighted by molar-refractivity contribution is -0.153. The molecule has 0 bridgehead atoms. The number of hydrogen-bond donors (Lipinski definition) is 2. The van der Waals surface area contributed by atoms with Crippen molar-refractivity contribution < 1.29 is 28.7 Å². The lowest BCUT2D eigenvalue weighted by atomic mass is 9.77. The first-order valence-corrected chi connectivity index (χ1v) is 20.4. The summed E-state index contributed by atoms with van der Waals surface area (Å²) in [6, 6.07) is 36.4. The standard InChI is InChI=1S/C43H38ClN5O6S2/c1-3-23-55-48-35(34-27-57-42(45-34)47-43(30-13-7-4-8-14-30,31-15-9-5-10-16-31)32-17-11-6-12-18-32)38(50)46-36-39(51)49-37(29(24-44)26-56-40(36)49)41(52)54-25-28-19-21-33(53-2)22-20-28/h3-22,27,36,40H,1,23-26H2,2H3,(H,45,47)(H,46,50)/b48-35-/t36-,40-/m1/s1. The number of alkyl halides is 1. The number of ether oxygens (including phenoxy) is 2. The average Bonchev–Trinajstić information content (AvgIpc) is 3.73. The Morgan fingerprint density at radius 1 is 0.965 bits per heavy atom. The van der Waals surface area contributed by atoms with E-state index >= 15 is 0 Å². The molecule has 3 heterocycles. The average molecular weight is 820 g/mol. The number of amides is 2. The highest BCUT2D eigenvalue weighted by Gasteiger charge is 2.54. The smallest absolute Gasteiger partial charge is 0.355 e. The fraction of sp³-hybridized carbons (Fsp3) is 0.186. The number of anilines is 1. The number of carbonyl (C=O) groups excluding carboxylic acids is 3. The van der Waals surface area contributed by atoms with Gasteiger partial charge in [0.1, 0.15) is 47.3 Å². The second-order valence-corrected chi connectivity index (χ2v) is 15.1. The first-order valence-electron chi connectivity index (χ1n) is 17.9. The van der Waals surface area contributed by atoms with Crippen LogP contribution in [0.15, 0.2) is 150 Å². The van der Waals surface area contributed by atoms with Gasteiger partial charge in [0.2, 0.25) is 0 Å². The molecule has 2 N–H and O–H groups in total. The summed E-state index contributed by atoms with van der Waals surface area (Å²) < 4.78 is 10.8. The predicted octanol–water partition coefficient (Wildman–Crippen LogP) is 7.10. The van der Waals surface area contributed by atoms with Crippen molar-refractivity contribution in [2.24, 2.45) is 5.16 Å². The normalized spacial score (nSPS) is 16.6. The van der Waals surface area contributed by atoms with Gasteiger partial charge in [-0.2, -0.15) is 0 Å². The van der Waals surface area contributed by atoms with Crippen molar-refractivity contribution in [2.45, 2.75) is 23.6 Å². The van der Waals surface area contributed by atoms with Crippen molar-refractivity contribution >= 4 is 63.3 Å². The minimum atomic E-state index is -0.966. The Morgan fingerprint density at radius 3 is 2.14 bits per heavy atom. The van der Waals surface area contributed by atoms with E-state index in [4.69, 9.17) is 30.9 Å². The Labute approximate surface area is 343 Å². The number of thiazole rings is 1. The molecular weight excluding hydrogens is 782 g/mol. The largest absolute Gasteiger partial charge is 0.497 e. The van der Waals surface area contributed by atoms with Gasteiger partial charge in [-0.05, 0) is 40.0 Å². The highest BCUT2D eigenvalue weighted by molar-refractivity contribution is 8.00. The molecule has 0 spiro atoms. The number of methoxy groups -OCH3 is 1. The van der Waals surface area contributed by atoms with Crippen molar-refractivity contribution in [3.63, 3.8) is 0 Å². The molecule has 11 nitrogen and oxygen atoms in total. The Bertz CT molecular complexity index is 2190. The van der Waals surface area contributed by atoms with Gasteiger partial charge in [0.05, 0.1) is 7.11 Å². The molecule has 2 aliphatic heterocycles. The van der Waals surface area contributed by atoms with Crippen LogP contribution in [-0.4, -0.2) is 70.1 Å². The molecule has 2 aliphatic rings. The van der Waals surface area contributed by atoms with Crippen molar-refractivity contribution in [3.05, 3.63) is 173 Å². The molecular formula is C43H38ClN5O6S2. The Hall–Kier alpha value is -5.89. The summed E-state index contributed by atoms with van der Waals surface area (Å²) in [6.45, 7) is 3.70. The van der Waals surface area contributed by atoms with Crippen molar-refractivity contribution in [1.29, 1.82) is 0 Å². The fourth-order valence-electron chi connectivity index (χ4n) is 6.66. The maximum atomic E-state index is 14.0. The van der Waals surface area contributed by atoms with E-state index in [0.29, 0.717) is 22.2 Å². The second kappa shape index (κ2) is 17.9. The summed E-state index contributed by atoms with van der Waals surface area (Å²) in [5.74, 6) is -0.758. The summed E-state index contributed by atoms with van der Waals surface area (Å²) in [6.07, 6.45) is 1.50. The van der Waals surface area contributed by atoms with Crippen LogP contribution in [0.2, 0.25) is 0 Å². The molecule has 57 heavy (non-hydrogen) atoms. The van der Waals surface area contributed by atoms with E-state index in [0.717, 1.165) is 22.3 Å². The third kappa shape index (κ3) is 8.18. The van der Waals surface area contributed by atoms with Gasteiger partial charge >= 0.3 is 5.97 Å². The second-order valence-electron chi connectivity index (χ2n) is 12.9. The predicted molar refractivity (Wildman–Crippen MR) is 223 cm³/mol. The number of carbonyl (C=O) groups is 3. The SMILES string of the molecule is C=CCO/N=C(\C(=O)N[C@@H]1C(=O)N2C(C(=O)OCc3ccc(OC)cc3)=C(CCl)CS[C@H]12)c1csc(NC(c2ccccc2)(c2ccccc2)c2ccccc2)n1. The number of hydrogen-bond acceptors (Lipinski definition) is 11. The van der Waals surface area contributed by atoms with Crippen molar-refractivity contribution in [3.8, 4) is 5.75 Å². The van der Waals surface area contributed by atoms with Gasteiger partial charge in [-0.3, -0.25) is 14.5 Å². The number of oxime groups is 1. The van der Waals surface area contributed by atoms with Gasteiger partial charge in [0.15, 0.2) is 10.8 Å². The molecule has 2 atom stereocenters. The molecule has 4 aromatic carbocycles. The Morgan fingerprint density at radius 2 is 1.58 bits per heavy atom. The van der Waals surface area contributed by atoms with Crippen LogP contribution < -0.4 is 15.4 Å². The van der Waals surface area contributed by atoms with Gasteiger partial charge in [0.25, 0.3) is 11.8 Å². The minimum absolute atomic E-state index is 0.0138. The van der Waals surface area contributed by atoms with Crippen LogP contribution in [0.3, 0.4) is 0 Å². The van der Waals surface area contributed by atoms with Crippen LogP contribution >= 0.6 is 34.7 Å². The number of nitrogens with zero attached hydrogens (tertiary/aromatic N) is 3. The first-order chi connectivity index (χ1) is 27.9. The molecule has 1 saturated heterocycles. The topological polar surface area (TPSA) is 131 Å². The zero-order valence-electron chi connectivity index (χ0n) is 30.8. The van der Waals surface area contributed by atoms with Gasteiger partial charge in [0, 0.05) is 17.0 Å². The number of benzene rings is 4. The van der Waals surface area contributed by atoms with Crippen LogP contribution in [0.1, 0.15) is 27.9 Å². The van der Waals surface area contributed by atoms with E-state index in [-0.39, 0.29) is 36.2 Å². The molecule has 0 radical (unpaired) electrons. The number of nitrogens with one attached hydrogen (secondary N) is 2. The number of thioether (sulfide) groups is 1. The molecule has 1 aromatic heterocycles. The van der Waals surface area contributed by atoms with Crippen LogP contribution in [0.4, 0.5) is 5.13 Å². The van der Waals surface area contributed by atoms with E-state index in [1.165, 1.54) is 34.1 Å². The van der Waals surface area contributed by atoms with Crippen molar-refractivity contribution in [1.82, 2.24) is 15.2 Å². The molecule has 0 saturated carbocycles. The maximum absolute atomic E-state index is 14.0. The molecule has 1 fully saturated rings. The molecule has 7 rings (SSSR count). The first kappa shape index (κ1) is 39.3. The fourth-order valence-corrected chi connectivity index (χ4v) is 9.09. The molecule has 0 aliphatic carbocycles. The van der Waals surface area contributed by atoms with Gasteiger partial charge < -0.3 is 24.9 Å². The summed E-state index contributed by atoms with van der Waals surface area (Å²) in [5.41, 5.74) is 3.59. The monoisotopic (exact) mass is 819 g/mol. The van der Waals surface area contributed by atoms with Crippen molar-refractivity contribution in [2.75, 3.05) is 30.7 Å². The summed E-state index contributed by atoms with van der Waals surface area (Å²) in [4.78, 5) is 52.8. The van der Waals surface area contributed by atoms with E-state index in [9.17, 15) is 14.4 Å². The lowest BCUT2D eigenvalue weighted by Gasteiger charge is -2.49. The van der Waals surface area contributed by atoms with E-state index in [2.05, 4.69) is 58.8 Å². The quantitative estimate of drug-likeness (QED) is 0.0157. The summed E-state index contributed by atoms with van der Waals surface area (Å²) in [7, 11) is 1.57. The van der Waals surface area contributed by atoms with E-state index in [1.807, 2.05) is 54.6 Å². The van der Waals surface area contributed by atoms with Crippen LogP contribution in [-0.2, 0) is 36.1 Å². The minimum Gasteiger partial charge on any atom is -0.497 e. The van der Waals surface area contributed by atoms with Crippen LogP contribution in [0.5, 0.6) is 5.75 Å². The zero-order valence-corrected chi connectivity index (χ0v) is 33.2. The molecule has 290 valence electrons. The number of β-lactam (4-membered cyclic amide) rings is 1. The molecule has 0 unspecified atom stereocenters. The zero-order chi connectivity index (χ0) is 39.8. The lowest BCUT2D eigenvalue weighted by Crippen LogP contribution is -2.71. The van der Waals surface area contributed by atoms with E-state index in [1.54, 1.807) is 36.8 Å². The third-order valence-corrected chi connectivity index (χ3v) is 11.9. The van der Waals surface area contributed by atoms with Crippen LogP contribution in [0.25, 0.3) is 0 Å². The number of rotatable bonds is 16.